The quantitative estimate of drug-likeness (QED) is 0.779. The molecule has 4 nitrogen and oxygen atoms in total. The van der Waals surface area contributed by atoms with Crippen LogP contribution in [-0.4, -0.2) is 30.7 Å². The van der Waals surface area contributed by atoms with Crippen molar-refractivity contribution < 1.29 is 9.53 Å². The van der Waals surface area contributed by atoms with Crippen molar-refractivity contribution in [1.82, 2.24) is 5.32 Å². The number of amides is 1. The summed E-state index contributed by atoms with van der Waals surface area (Å²) in [6.07, 6.45) is 9.25. The predicted molar refractivity (Wildman–Crippen MR) is 66.6 cm³/mol. The summed E-state index contributed by atoms with van der Waals surface area (Å²) >= 11 is 0. The SMILES string of the molecule is NC1CCCC1OCC(=O)NC1CCCCC1. The van der Waals surface area contributed by atoms with Crippen molar-refractivity contribution in [1.29, 1.82) is 0 Å². The van der Waals surface area contributed by atoms with Crippen LogP contribution in [0.4, 0.5) is 0 Å². The maximum Gasteiger partial charge on any atom is 0.246 e. The van der Waals surface area contributed by atoms with Crippen LogP contribution in [0.3, 0.4) is 0 Å². The summed E-state index contributed by atoms with van der Waals surface area (Å²) in [5.41, 5.74) is 5.89. The lowest BCUT2D eigenvalue weighted by molar-refractivity contribution is -0.128. The van der Waals surface area contributed by atoms with Gasteiger partial charge in [-0.05, 0) is 32.1 Å². The molecule has 0 radical (unpaired) electrons. The molecule has 98 valence electrons. The minimum atomic E-state index is 0.0241. The maximum atomic E-state index is 11.7. The zero-order valence-corrected chi connectivity index (χ0v) is 10.5. The fraction of sp³-hybridized carbons (Fsp3) is 0.923. The zero-order chi connectivity index (χ0) is 12.1. The summed E-state index contributed by atoms with van der Waals surface area (Å²) in [7, 11) is 0. The summed E-state index contributed by atoms with van der Waals surface area (Å²) in [4.78, 5) is 11.7. The molecule has 2 aliphatic rings. The third kappa shape index (κ3) is 3.96. The molecule has 0 aromatic carbocycles. The van der Waals surface area contributed by atoms with Crippen LogP contribution in [0.25, 0.3) is 0 Å². The lowest BCUT2D eigenvalue weighted by Gasteiger charge is -2.23. The number of hydrogen-bond donors (Lipinski definition) is 2. The topological polar surface area (TPSA) is 64.3 Å². The van der Waals surface area contributed by atoms with Crippen LogP contribution < -0.4 is 11.1 Å². The first kappa shape index (κ1) is 12.8. The number of carbonyl (C=O) groups is 1. The standard InChI is InChI=1S/C13H24N2O2/c14-11-7-4-8-12(11)17-9-13(16)15-10-5-2-1-3-6-10/h10-12H,1-9,14H2,(H,15,16). The van der Waals surface area contributed by atoms with Crippen LogP contribution in [0, 0.1) is 0 Å². The Morgan fingerprint density at radius 2 is 1.88 bits per heavy atom. The van der Waals surface area contributed by atoms with E-state index in [1.54, 1.807) is 0 Å². The molecule has 0 aliphatic heterocycles. The molecule has 2 atom stereocenters. The number of nitrogens with one attached hydrogen (secondary N) is 1. The molecule has 0 aromatic heterocycles. The first-order valence-corrected chi connectivity index (χ1v) is 6.92. The Morgan fingerprint density at radius 3 is 2.53 bits per heavy atom. The summed E-state index contributed by atoms with van der Waals surface area (Å²) in [6, 6.07) is 0.495. The second-order valence-electron chi connectivity index (χ2n) is 5.35. The van der Waals surface area contributed by atoms with Gasteiger partial charge < -0.3 is 15.8 Å². The van der Waals surface area contributed by atoms with Gasteiger partial charge in [-0.2, -0.15) is 0 Å². The van der Waals surface area contributed by atoms with Crippen LogP contribution in [0.2, 0.25) is 0 Å². The summed E-state index contributed by atoms with van der Waals surface area (Å²) < 4.78 is 5.58. The van der Waals surface area contributed by atoms with E-state index in [2.05, 4.69) is 5.32 Å². The second-order valence-corrected chi connectivity index (χ2v) is 5.35. The minimum absolute atomic E-state index is 0.0241. The molecule has 1 amide bonds. The van der Waals surface area contributed by atoms with Gasteiger partial charge >= 0.3 is 0 Å². The highest BCUT2D eigenvalue weighted by Crippen LogP contribution is 2.20. The molecule has 2 unspecified atom stereocenters. The maximum absolute atomic E-state index is 11.7. The second kappa shape index (κ2) is 6.36. The Balaban J connectivity index is 1.63. The van der Waals surface area contributed by atoms with Gasteiger partial charge in [0.1, 0.15) is 6.61 Å². The Morgan fingerprint density at radius 1 is 1.12 bits per heavy atom. The van der Waals surface area contributed by atoms with E-state index in [-0.39, 0.29) is 24.7 Å². The number of ether oxygens (including phenoxy) is 1. The third-order valence-electron chi connectivity index (χ3n) is 3.90. The first-order chi connectivity index (χ1) is 8.25. The lowest BCUT2D eigenvalue weighted by atomic mass is 9.95. The molecule has 0 aromatic rings. The molecule has 17 heavy (non-hydrogen) atoms. The highest BCUT2D eigenvalue weighted by Gasteiger charge is 2.25. The first-order valence-electron chi connectivity index (χ1n) is 6.92. The van der Waals surface area contributed by atoms with Crippen LogP contribution in [-0.2, 0) is 9.53 Å². The van der Waals surface area contributed by atoms with Crippen molar-refractivity contribution in [2.45, 2.75) is 69.6 Å². The molecule has 0 heterocycles. The van der Waals surface area contributed by atoms with E-state index in [0.29, 0.717) is 6.04 Å². The Labute approximate surface area is 103 Å². The van der Waals surface area contributed by atoms with Crippen molar-refractivity contribution in [3.63, 3.8) is 0 Å². The smallest absolute Gasteiger partial charge is 0.246 e. The van der Waals surface area contributed by atoms with Gasteiger partial charge in [-0.15, -0.1) is 0 Å². The van der Waals surface area contributed by atoms with Gasteiger partial charge in [0.25, 0.3) is 0 Å². The van der Waals surface area contributed by atoms with E-state index in [0.717, 1.165) is 32.1 Å². The van der Waals surface area contributed by atoms with Crippen molar-refractivity contribution in [3.8, 4) is 0 Å². The minimum Gasteiger partial charge on any atom is -0.367 e. The van der Waals surface area contributed by atoms with Crippen molar-refractivity contribution in [2.75, 3.05) is 6.61 Å². The Bertz CT molecular complexity index is 252. The monoisotopic (exact) mass is 240 g/mol. The van der Waals surface area contributed by atoms with Gasteiger partial charge in [-0.1, -0.05) is 19.3 Å². The largest absolute Gasteiger partial charge is 0.367 e. The molecule has 3 N–H and O–H groups in total. The highest BCUT2D eigenvalue weighted by molar-refractivity contribution is 5.77. The molecule has 2 rings (SSSR count). The van der Waals surface area contributed by atoms with Gasteiger partial charge in [0.2, 0.25) is 5.91 Å². The van der Waals surface area contributed by atoms with E-state index < -0.39 is 0 Å². The van der Waals surface area contributed by atoms with Gasteiger partial charge in [0.15, 0.2) is 0 Å². The molecule has 0 bridgehead atoms. The van der Waals surface area contributed by atoms with Gasteiger partial charge in [-0.25, -0.2) is 0 Å². The van der Waals surface area contributed by atoms with E-state index in [1.807, 2.05) is 0 Å². The number of rotatable bonds is 4. The van der Waals surface area contributed by atoms with Crippen molar-refractivity contribution in [3.05, 3.63) is 0 Å². The third-order valence-corrected chi connectivity index (χ3v) is 3.90. The van der Waals surface area contributed by atoms with Gasteiger partial charge in [0, 0.05) is 12.1 Å². The van der Waals surface area contributed by atoms with Crippen LogP contribution in [0.5, 0.6) is 0 Å². The highest BCUT2D eigenvalue weighted by atomic mass is 16.5. The fourth-order valence-electron chi connectivity index (χ4n) is 2.86. The number of hydrogen-bond acceptors (Lipinski definition) is 3. The van der Waals surface area contributed by atoms with Crippen LogP contribution in [0.15, 0.2) is 0 Å². The van der Waals surface area contributed by atoms with Gasteiger partial charge in [0.05, 0.1) is 6.10 Å². The summed E-state index contributed by atoms with van der Waals surface area (Å²) in [5.74, 6) is 0.0241. The van der Waals surface area contributed by atoms with Crippen molar-refractivity contribution >= 4 is 5.91 Å². The van der Waals surface area contributed by atoms with Crippen LogP contribution in [0.1, 0.15) is 51.4 Å². The molecular weight excluding hydrogens is 216 g/mol. The average molecular weight is 240 g/mol. The molecular formula is C13H24N2O2. The van der Waals surface area contributed by atoms with E-state index >= 15 is 0 Å². The Kier molecular flexibility index (Phi) is 4.80. The van der Waals surface area contributed by atoms with Crippen molar-refractivity contribution in [2.24, 2.45) is 5.73 Å². The summed E-state index contributed by atoms with van der Waals surface area (Å²) in [5, 5.41) is 3.05. The van der Waals surface area contributed by atoms with E-state index in [4.69, 9.17) is 10.5 Å². The van der Waals surface area contributed by atoms with Crippen LogP contribution >= 0.6 is 0 Å². The zero-order valence-electron chi connectivity index (χ0n) is 10.5. The molecule has 2 saturated carbocycles. The number of nitrogens with two attached hydrogens (primary N) is 1. The van der Waals surface area contributed by atoms with Gasteiger partial charge in [-0.3, -0.25) is 4.79 Å². The molecule has 4 heteroatoms. The Hall–Kier alpha value is -0.610. The summed E-state index contributed by atoms with van der Waals surface area (Å²) in [6.45, 7) is 0.175. The van der Waals surface area contributed by atoms with E-state index in [9.17, 15) is 4.79 Å². The van der Waals surface area contributed by atoms with E-state index in [1.165, 1.54) is 19.3 Å². The normalized spacial score (nSPS) is 30.4. The predicted octanol–water partition coefficient (Wildman–Crippen LogP) is 1.33. The molecule has 0 saturated heterocycles. The number of carbonyl (C=O) groups excluding carboxylic acids is 1. The molecule has 2 fully saturated rings. The molecule has 2 aliphatic carbocycles. The molecule has 0 spiro atoms. The fourth-order valence-corrected chi connectivity index (χ4v) is 2.86. The lowest BCUT2D eigenvalue weighted by Crippen LogP contribution is -2.40. The average Bonchev–Trinajstić information content (AvgIpc) is 2.74.